The Labute approximate surface area is 101 Å². The molecule has 1 heterocycles. The van der Waals surface area contributed by atoms with E-state index in [4.69, 9.17) is 0 Å². The van der Waals surface area contributed by atoms with Crippen LogP contribution in [0.5, 0.6) is 11.6 Å². The molecule has 0 spiro atoms. The first-order chi connectivity index (χ1) is 8.65. The number of nitrogens with zero attached hydrogens (tertiary/aromatic N) is 2. The van der Waals surface area contributed by atoms with Crippen LogP contribution in [0.1, 0.15) is 12.0 Å². The van der Waals surface area contributed by atoms with Crippen molar-refractivity contribution in [1.29, 1.82) is 0 Å². The number of hydrogen-bond acceptors (Lipinski definition) is 5. The zero-order valence-corrected chi connectivity index (χ0v) is 9.07. The second-order valence-corrected chi connectivity index (χ2v) is 3.01. The fourth-order valence-corrected chi connectivity index (χ4v) is 1.13. The second-order valence-electron chi connectivity index (χ2n) is 3.01. The maximum Gasteiger partial charge on any atom is 0.573 e. The summed E-state index contributed by atoms with van der Waals surface area (Å²) in [5.41, 5.74) is -1.34. The topological polar surface area (TPSA) is 74.5 Å². The lowest BCUT2D eigenvalue weighted by molar-refractivity contribution is -0.389. The van der Waals surface area contributed by atoms with Gasteiger partial charge in [0.25, 0.3) is 6.43 Å². The molecule has 0 aliphatic rings. The van der Waals surface area contributed by atoms with Crippen molar-refractivity contribution in [2.45, 2.75) is 12.8 Å². The van der Waals surface area contributed by atoms with Crippen LogP contribution in [0.4, 0.5) is 27.8 Å². The van der Waals surface area contributed by atoms with Crippen molar-refractivity contribution >= 4 is 5.82 Å². The average molecular weight is 288 g/mol. The third-order valence-corrected chi connectivity index (χ3v) is 1.79. The molecule has 6 nitrogen and oxygen atoms in total. The number of rotatable bonds is 4. The van der Waals surface area contributed by atoms with E-state index in [2.05, 4.69) is 14.5 Å². The summed E-state index contributed by atoms with van der Waals surface area (Å²) in [7, 11) is 0.810. The highest BCUT2D eigenvalue weighted by Crippen LogP contribution is 2.40. The quantitative estimate of drug-likeness (QED) is 0.484. The summed E-state index contributed by atoms with van der Waals surface area (Å²) >= 11 is 0. The fraction of sp³-hybridized carbons (Fsp3) is 0.375. The van der Waals surface area contributed by atoms with Gasteiger partial charge in [-0.2, -0.15) is 0 Å². The van der Waals surface area contributed by atoms with E-state index in [9.17, 15) is 32.1 Å². The van der Waals surface area contributed by atoms with Gasteiger partial charge >= 0.3 is 18.1 Å². The van der Waals surface area contributed by atoms with Crippen LogP contribution in [0.3, 0.4) is 0 Å². The van der Waals surface area contributed by atoms with Gasteiger partial charge in [-0.3, -0.25) is 0 Å². The molecule has 11 heteroatoms. The van der Waals surface area contributed by atoms with E-state index < -0.39 is 40.7 Å². The van der Waals surface area contributed by atoms with Gasteiger partial charge in [0.2, 0.25) is 5.75 Å². The number of halogens is 5. The zero-order valence-electron chi connectivity index (χ0n) is 9.07. The van der Waals surface area contributed by atoms with Gasteiger partial charge in [0.15, 0.2) is 0 Å². The minimum Gasteiger partial charge on any atom is -0.460 e. The Hall–Kier alpha value is -2.20. The molecule has 0 aliphatic heterocycles. The molecule has 106 valence electrons. The fourth-order valence-electron chi connectivity index (χ4n) is 1.13. The molecule has 1 rings (SSSR count). The maximum atomic E-state index is 12.6. The Morgan fingerprint density at radius 2 is 2.00 bits per heavy atom. The van der Waals surface area contributed by atoms with Gasteiger partial charge < -0.3 is 19.6 Å². The molecule has 0 amide bonds. The Kier molecular flexibility index (Phi) is 4.07. The van der Waals surface area contributed by atoms with E-state index in [-0.39, 0.29) is 6.07 Å². The summed E-state index contributed by atoms with van der Waals surface area (Å²) in [6, 6.07) is 0.189. The molecule has 0 N–H and O–H groups in total. The molecule has 0 aliphatic carbocycles. The van der Waals surface area contributed by atoms with Gasteiger partial charge in [0.05, 0.1) is 12.7 Å². The van der Waals surface area contributed by atoms with E-state index in [0.717, 1.165) is 7.11 Å². The van der Waals surface area contributed by atoms with Crippen molar-refractivity contribution in [3.05, 3.63) is 21.7 Å². The van der Waals surface area contributed by atoms with Gasteiger partial charge in [0, 0.05) is 11.1 Å². The SMILES string of the molecule is COc1nc([N+](=O)[O-])cc(C(F)F)c1OC(F)(F)F. The molecule has 0 radical (unpaired) electrons. The number of nitro groups is 1. The number of pyridine rings is 1. The summed E-state index contributed by atoms with van der Waals surface area (Å²) in [5.74, 6) is -3.54. The van der Waals surface area contributed by atoms with Crippen molar-refractivity contribution < 1.29 is 36.3 Å². The third kappa shape index (κ3) is 3.63. The first-order valence-corrected chi connectivity index (χ1v) is 4.43. The predicted molar refractivity (Wildman–Crippen MR) is 49.1 cm³/mol. The van der Waals surface area contributed by atoms with Gasteiger partial charge in [0.1, 0.15) is 0 Å². The largest absolute Gasteiger partial charge is 0.573 e. The highest BCUT2D eigenvalue weighted by molar-refractivity contribution is 5.47. The lowest BCUT2D eigenvalue weighted by atomic mass is 10.2. The molecule has 0 saturated heterocycles. The highest BCUT2D eigenvalue weighted by atomic mass is 19.4. The highest BCUT2D eigenvalue weighted by Gasteiger charge is 2.38. The van der Waals surface area contributed by atoms with Crippen molar-refractivity contribution in [3.63, 3.8) is 0 Å². The molecule has 0 bridgehead atoms. The van der Waals surface area contributed by atoms with Crippen molar-refractivity contribution in [3.8, 4) is 11.6 Å². The molecule has 0 saturated carbocycles. The molecule has 0 aromatic carbocycles. The lowest BCUT2D eigenvalue weighted by Crippen LogP contribution is -2.19. The Bertz CT molecular complexity index is 491. The first-order valence-electron chi connectivity index (χ1n) is 4.43. The second kappa shape index (κ2) is 5.20. The number of methoxy groups -OCH3 is 1. The molecule has 0 unspecified atom stereocenters. The van der Waals surface area contributed by atoms with E-state index in [0.29, 0.717) is 0 Å². The van der Waals surface area contributed by atoms with Crippen LogP contribution in [0.25, 0.3) is 0 Å². The van der Waals surface area contributed by atoms with Crippen molar-refractivity contribution in [1.82, 2.24) is 4.98 Å². The summed E-state index contributed by atoms with van der Waals surface area (Å²) in [6.07, 6.45) is -8.71. The van der Waals surface area contributed by atoms with Gasteiger partial charge in [-0.25, -0.2) is 8.78 Å². The van der Waals surface area contributed by atoms with Gasteiger partial charge in [-0.05, 0) is 4.92 Å². The first kappa shape index (κ1) is 14.9. The van der Waals surface area contributed by atoms with E-state index in [1.54, 1.807) is 0 Å². The van der Waals surface area contributed by atoms with Crippen LogP contribution in [0, 0.1) is 10.1 Å². The molecule has 1 aromatic rings. The van der Waals surface area contributed by atoms with Crippen molar-refractivity contribution in [2.75, 3.05) is 7.11 Å². The monoisotopic (exact) mass is 288 g/mol. The van der Waals surface area contributed by atoms with Gasteiger partial charge in [-0.1, -0.05) is 0 Å². The summed E-state index contributed by atoms with van der Waals surface area (Å²) in [4.78, 5) is 12.3. The number of aromatic nitrogens is 1. The number of ether oxygens (including phenoxy) is 2. The van der Waals surface area contributed by atoms with E-state index >= 15 is 0 Å². The smallest absolute Gasteiger partial charge is 0.460 e. The number of hydrogen-bond donors (Lipinski definition) is 0. The van der Waals surface area contributed by atoms with Crippen LogP contribution in [0.2, 0.25) is 0 Å². The third-order valence-electron chi connectivity index (χ3n) is 1.79. The lowest BCUT2D eigenvalue weighted by Gasteiger charge is -2.13. The molecule has 19 heavy (non-hydrogen) atoms. The van der Waals surface area contributed by atoms with E-state index in [1.165, 1.54) is 0 Å². The minimum absolute atomic E-state index is 0.189. The van der Waals surface area contributed by atoms with Crippen LogP contribution in [-0.4, -0.2) is 23.4 Å². The molecule has 1 aromatic heterocycles. The minimum atomic E-state index is -5.27. The predicted octanol–water partition coefficient (Wildman–Crippen LogP) is 2.83. The maximum absolute atomic E-state index is 12.6. The average Bonchev–Trinajstić information content (AvgIpc) is 2.26. The van der Waals surface area contributed by atoms with E-state index in [1.807, 2.05) is 0 Å². The Morgan fingerprint density at radius 3 is 2.37 bits per heavy atom. The molecular weight excluding hydrogens is 283 g/mol. The summed E-state index contributed by atoms with van der Waals surface area (Å²) in [5, 5.41) is 10.4. The normalized spacial score (nSPS) is 11.5. The Balaban J connectivity index is 3.45. The van der Waals surface area contributed by atoms with Crippen LogP contribution < -0.4 is 9.47 Å². The molecular formula is C8H5F5N2O4. The van der Waals surface area contributed by atoms with Crippen LogP contribution in [-0.2, 0) is 0 Å². The summed E-state index contributed by atoms with van der Waals surface area (Å²) in [6.45, 7) is 0. The van der Waals surface area contributed by atoms with Gasteiger partial charge in [-0.15, -0.1) is 13.2 Å². The number of alkyl halides is 5. The van der Waals surface area contributed by atoms with Crippen molar-refractivity contribution in [2.24, 2.45) is 0 Å². The molecule has 0 atom stereocenters. The summed E-state index contributed by atoms with van der Waals surface area (Å²) < 4.78 is 69.1. The van der Waals surface area contributed by atoms with Crippen LogP contribution in [0.15, 0.2) is 6.07 Å². The standard InChI is InChI=1S/C8H5F5N2O4/c1-18-7-5(19-8(11,12)13)3(6(9)10)2-4(14-7)15(16)17/h2,6H,1H3. The zero-order chi connectivity index (χ0) is 14.8. The Morgan fingerprint density at radius 1 is 1.42 bits per heavy atom. The van der Waals surface area contributed by atoms with Crippen LogP contribution >= 0.6 is 0 Å². The molecule has 0 fully saturated rings.